The minimum atomic E-state index is -0.477. The maximum Gasteiger partial charge on any atom is 0.270 e. The largest absolute Gasteiger partial charge is 0.490 e. The summed E-state index contributed by atoms with van der Waals surface area (Å²) in [7, 11) is 0. The third-order valence-electron chi connectivity index (χ3n) is 4.07. The highest BCUT2D eigenvalue weighted by molar-refractivity contribution is 5.94. The van der Waals surface area contributed by atoms with Gasteiger partial charge in [0.1, 0.15) is 5.69 Å². The average molecular weight is 383 g/mol. The van der Waals surface area contributed by atoms with Crippen LogP contribution < -0.4 is 10.1 Å². The molecule has 3 aromatic rings. The van der Waals surface area contributed by atoms with Crippen LogP contribution in [0, 0.1) is 5.82 Å². The van der Waals surface area contributed by atoms with Crippen LogP contribution in [0.1, 0.15) is 29.4 Å². The van der Waals surface area contributed by atoms with Gasteiger partial charge in [-0.2, -0.15) is 0 Å². The fraction of sp³-hybridized carbons (Fsp3) is 0.286. The summed E-state index contributed by atoms with van der Waals surface area (Å²) in [6.45, 7) is 3.53. The van der Waals surface area contributed by atoms with Gasteiger partial charge >= 0.3 is 0 Å². The first-order valence-electron chi connectivity index (χ1n) is 9.17. The van der Waals surface area contributed by atoms with Crippen molar-refractivity contribution in [1.82, 2.24) is 15.3 Å². The lowest BCUT2D eigenvalue weighted by Crippen LogP contribution is -2.24. The molecule has 0 saturated carbocycles. The summed E-state index contributed by atoms with van der Waals surface area (Å²) in [5, 5.41) is 2.69. The second-order valence-corrected chi connectivity index (χ2v) is 6.05. The standard InChI is InChI=1S/C21H22FN3O3/c1-2-27-12-5-13-28-19-8-3-6-15(20(19)22)14-24-21(26)18-10-9-16-17(25-18)7-4-11-23-16/h3-4,6-11H,2,5,12-14H2,1H3,(H,24,26). The molecule has 1 N–H and O–H groups in total. The van der Waals surface area contributed by atoms with Gasteiger partial charge < -0.3 is 14.8 Å². The molecule has 0 fully saturated rings. The molecule has 0 saturated heterocycles. The summed E-state index contributed by atoms with van der Waals surface area (Å²) in [4.78, 5) is 20.8. The van der Waals surface area contributed by atoms with Crippen LogP contribution in [0.25, 0.3) is 11.0 Å². The lowest BCUT2D eigenvalue weighted by atomic mass is 10.2. The van der Waals surface area contributed by atoms with Gasteiger partial charge in [-0.1, -0.05) is 12.1 Å². The van der Waals surface area contributed by atoms with E-state index >= 15 is 0 Å². The normalized spacial score (nSPS) is 10.8. The summed E-state index contributed by atoms with van der Waals surface area (Å²) in [5.41, 5.74) is 1.94. The molecule has 2 aromatic heterocycles. The van der Waals surface area contributed by atoms with Crippen LogP contribution in [0.4, 0.5) is 4.39 Å². The number of nitrogens with one attached hydrogen (secondary N) is 1. The zero-order valence-corrected chi connectivity index (χ0v) is 15.7. The Hall–Kier alpha value is -3.06. The molecule has 0 atom stereocenters. The molecule has 3 rings (SSSR count). The van der Waals surface area contributed by atoms with Crippen molar-refractivity contribution >= 4 is 16.9 Å². The average Bonchev–Trinajstić information content (AvgIpc) is 2.73. The Kier molecular flexibility index (Phi) is 6.86. The van der Waals surface area contributed by atoms with Gasteiger partial charge in [-0.3, -0.25) is 9.78 Å². The maximum atomic E-state index is 14.6. The smallest absolute Gasteiger partial charge is 0.270 e. The Morgan fingerprint density at radius 1 is 1.11 bits per heavy atom. The van der Waals surface area contributed by atoms with E-state index in [-0.39, 0.29) is 23.9 Å². The molecule has 0 radical (unpaired) electrons. The van der Waals surface area contributed by atoms with E-state index < -0.39 is 5.82 Å². The van der Waals surface area contributed by atoms with Gasteiger partial charge in [-0.15, -0.1) is 0 Å². The minimum Gasteiger partial charge on any atom is -0.490 e. The van der Waals surface area contributed by atoms with Crippen molar-refractivity contribution in [1.29, 1.82) is 0 Å². The first-order chi connectivity index (χ1) is 13.7. The molecular formula is C21H22FN3O3. The molecule has 1 aromatic carbocycles. The van der Waals surface area contributed by atoms with E-state index in [1.54, 1.807) is 48.7 Å². The molecule has 0 aliphatic carbocycles. The Bertz CT molecular complexity index is 949. The molecule has 7 heteroatoms. The highest BCUT2D eigenvalue weighted by Crippen LogP contribution is 2.20. The van der Waals surface area contributed by atoms with Gasteiger partial charge in [0.2, 0.25) is 0 Å². The Morgan fingerprint density at radius 2 is 2.00 bits per heavy atom. The monoisotopic (exact) mass is 383 g/mol. The number of hydrogen-bond donors (Lipinski definition) is 1. The molecule has 2 heterocycles. The summed E-state index contributed by atoms with van der Waals surface area (Å²) >= 11 is 0. The molecule has 0 aliphatic heterocycles. The van der Waals surface area contributed by atoms with E-state index in [1.165, 1.54) is 0 Å². The number of amides is 1. The second-order valence-electron chi connectivity index (χ2n) is 6.05. The maximum absolute atomic E-state index is 14.6. The number of aromatic nitrogens is 2. The van der Waals surface area contributed by atoms with Crippen molar-refractivity contribution in [2.24, 2.45) is 0 Å². The first kappa shape index (κ1) is 19.7. The van der Waals surface area contributed by atoms with Crippen molar-refractivity contribution < 1.29 is 18.7 Å². The van der Waals surface area contributed by atoms with Crippen molar-refractivity contribution in [3.05, 3.63) is 65.7 Å². The lowest BCUT2D eigenvalue weighted by molar-refractivity contribution is 0.0945. The van der Waals surface area contributed by atoms with E-state index in [2.05, 4.69) is 15.3 Å². The number of nitrogens with zero attached hydrogens (tertiary/aromatic N) is 2. The van der Waals surface area contributed by atoms with Crippen molar-refractivity contribution in [3.8, 4) is 5.75 Å². The predicted molar refractivity (Wildman–Crippen MR) is 104 cm³/mol. The fourth-order valence-electron chi connectivity index (χ4n) is 2.64. The summed E-state index contributed by atoms with van der Waals surface area (Å²) in [6, 6.07) is 11.7. The second kappa shape index (κ2) is 9.75. The number of fused-ring (bicyclic) bond motifs is 1. The summed E-state index contributed by atoms with van der Waals surface area (Å²) < 4.78 is 25.3. The van der Waals surface area contributed by atoms with Crippen LogP contribution >= 0.6 is 0 Å². The van der Waals surface area contributed by atoms with E-state index in [4.69, 9.17) is 9.47 Å². The Labute approximate surface area is 162 Å². The van der Waals surface area contributed by atoms with Gasteiger partial charge in [-0.05, 0) is 37.3 Å². The number of hydrogen-bond acceptors (Lipinski definition) is 5. The van der Waals surface area contributed by atoms with Crippen molar-refractivity contribution in [2.45, 2.75) is 19.9 Å². The quantitative estimate of drug-likeness (QED) is 0.573. The Balaban J connectivity index is 1.60. The first-order valence-corrected chi connectivity index (χ1v) is 9.17. The number of pyridine rings is 2. The van der Waals surface area contributed by atoms with E-state index in [0.29, 0.717) is 42.8 Å². The van der Waals surface area contributed by atoms with Crippen LogP contribution in [-0.4, -0.2) is 35.7 Å². The zero-order valence-electron chi connectivity index (χ0n) is 15.7. The molecule has 0 unspecified atom stereocenters. The third-order valence-corrected chi connectivity index (χ3v) is 4.07. The number of rotatable bonds is 9. The number of carbonyl (C=O) groups is 1. The molecule has 1 amide bonds. The highest BCUT2D eigenvalue weighted by atomic mass is 19.1. The molecular weight excluding hydrogens is 361 g/mol. The van der Waals surface area contributed by atoms with Gasteiger partial charge in [0.15, 0.2) is 11.6 Å². The van der Waals surface area contributed by atoms with Gasteiger partial charge in [0.05, 0.1) is 17.6 Å². The minimum absolute atomic E-state index is 0.0353. The zero-order chi connectivity index (χ0) is 19.8. The van der Waals surface area contributed by atoms with Gasteiger partial charge in [0.25, 0.3) is 5.91 Å². The van der Waals surface area contributed by atoms with E-state index in [1.807, 2.05) is 6.92 Å². The lowest BCUT2D eigenvalue weighted by Gasteiger charge is -2.11. The molecule has 28 heavy (non-hydrogen) atoms. The molecule has 0 spiro atoms. The fourth-order valence-corrected chi connectivity index (χ4v) is 2.64. The van der Waals surface area contributed by atoms with Crippen LogP contribution in [0.3, 0.4) is 0 Å². The summed E-state index contributed by atoms with van der Waals surface area (Å²) in [5.74, 6) is -0.693. The molecule has 0 bridgehead atoms. The molecule has 0 aliphatic rings. The van der Waals surface area contributed by atoms with Crippen molar-refractivity contribution in [3.63, 3.8) is 0 Å². The Morgan fingerprint density at radius 3 is 2.86 bits per heavy atom. The molecule has 6 nitrogen and oxygen atoms in total. The van der Waals surface area contributed by atoms with Crippen LogP contribution in [0.15, 0.2) is 48.7 Å². The SMILES string of the molecule is CCOCCCOc1cccc(CNC(=O)c2ccc3ncccc3n2)c1F. The highest BCUT2D eigenvalue weighted by Gasteiger charge is 2.12. The number of benzene rings is 1. The topological polar surface area (TPSA) is 73.3 Å². The number of ether oxygens (including phenoxy) is 2. The van der Waals surface area contributed by atoms with Crippen LogP contribution in [0.2, 0.25) is 0 Å². The van der Waals surface area contributed by atoms with Crippen LogP contribution in [0.5, 0.6) is 5.75 Å². The molecule has 146 valence electrons. The van der Waals surface area contributed by atoms with Gasteiger partial charge in [0, 0.05) is 37.9 Å². The number of halogens is 1. The van der Waals surface area contributed by atoms with Crippen molar-refractivity contribution in [2.75, 3.05) is 19.8 Å². The third kappa shape index (κ3) is 5.01. The van der Waals surface area contributed by atoms with E-state index in [0.717, 1.165) is 0 Å². The summed E-state index contributed by atoms with van der Waals surface area (Å²) in [6.07, 6.45) is 2.34. The predicted octanol–water partition coefficient (Wildman–Crippen LogP) is 3.50. The van der Waals surface area contributed by atoms with Gasteiger partial charge in [-0.25, -0.2) is 9.37 Å². The number of carbonyl (C=O) groups excluding carboxylic acids is 1. The van der Waals surface area contributed by atoms with Crippen LogP contribution in [-0.2, 0) is 11.3 Å². The van der Waals surface area contributed by atoms with E-state index in [9.17, 15) is 9.18 Å².